The maximum atomic E-state index is 11.9. The molecule has 0 unspecified atom stereocenters. The maximum absolute atomic E-state index is 11.9. The summed E-state index contributed by atoms with van der Waals surface area (Å²) in [5.41, 5.74) is -0.785. The highest BCUT2D eigenvalue weighted by molar-refractivity contribution is 7.89. The highest BCUT2D eigenvalue weighted by Gasteiger charge is 2.55. The monoisotopic (exact) mass is 243 g/mol. The molecule has 88 valence electrons. The van der Waals surface area contributed by atoms with Gasteiger partial charge in [0.1, 0.15) is 0 Å². The van der Waals surface area contributed by atoms with Crippen molar-refractivity contribution >= 4 is 10.0 Å². The molecule has 2 fully saturated rings. The molecule has 1 aromatic rings. The van der Waals surface area contributed by atoms with Gasteiger partial charge in [-0.05, 0) is 24.8 Å². The minimum absolute atomic E-state index is 0.0883. The fraction of sp³-hybridized carbons (Fsp3) is 0.667. The van der Waals surface area contributed by atoms with E-state index >= 15 is 0 Å². The molecule has 0 spiro atoms. The molecule has 0 radical (unpaired) electrons. The molecule has 3 rings (SSSR count). The lowest BCUT2D eigenvalue weighted by Gasteiger charge is -2.45. The first-order valence-electron chi connectivity index (χ1n) is 5.24. The quantitative estimate of drug-likeness (QED) is 0.753. The fourth-order valence-electron chi connectivity index (χ4n) is 2.14. The smallest absolute Gasteiger partial charge is 0.260 e. The van der Waals surface area contributed by atoms with Crippen molar-refractivity contribution in [1.29, 1.82) is 0 Å². The van der Waals surface area contributed by atoms with Crippen LogP contribution >= 0.6 is 0 Å². The van der Waals surface area contributed by atoms with Gasteiger partial charge in [0.15, 0.2) is 5.03 Å². The SMILES string of the molecule is O=S(=O)(c1ccn[nH]1)N1CC(O)(C2CC2)C1. The van der Waals surface area contributed by atoms with Crippen molar-refractivity contribution in [3.05, 3.63) is 12.3 Å². The summed E-state index contributed by atoms with van der Waals surface area (Å²) in [6, 6.07) is 1.42. The molecule has 2 aliphatic rings. The summed E-state index contributed by atoms with van der Waals surface area (Å²) in [7, 11) is -3.48. The van der Waals surface area contributed by atoms with Crippen LogP contribution < -0.4 is 0 Å². The lowest BCUT2D eigenvalue weighted by molar-refractivity contribution is -0.0765. The van der Waals surface area contributed by atoms with Crippen molar-refractivity contribution in [3.63, 3.8) is 0 Å². The average molecular weight is 243 g/mol. The van der Waals surface area contributed by atoms with Crippen molar-refractivity contribution in [2.24, 2.45) is 5.92 Å². The van der Waals surface area contributed by atoms with Gasteiger partial charge in [-0.15, -0.1) is 0 Å². The molecular weight excluding hydrogens is 230 g/mol. The van der Waals surface area contributed by atoms with E-state index in [-0.39, 0.29) is 18.1 Å². The van der Waals surface area contributed by atoms with Crippen LogP contribution in [0.5, 0.6) is 0 Å². The van der Waals surface area contributed by atoms with Crippen molar-refractivity contribution in [1.82, 2.24) is 14.5 Å². The van der Waals surface area contributed by atoms with Crippen LogP contribution in [-0.4, -0.2) is 46.7 Å². The summed E-state index contributed by atoms with van der Waals surface area (Å²) in [5.74, 6) is 0.292. The Morgan fingerprint density at radius 2 is 2.19 bits per heavy atom. The van der Waals surface area contributed by atoms with Crippen LogP contribution in [0.1, 0.15) is 12.8 Å². The highest BCUT2D eigenvalue weighted by atomic mass is 32.2. The van der Waals surface area contributed by atoms with Crippen molar-refractivity contribution in [2.45, 2.75) is 23.5 Å². The molecule has 1 saturated carbocycles. The minimum atomic E-state index is -3.48. The first-order valence-corrected chi connectivity index (χ1v) is 6.68. The zero-order valence-corrected chi connectivity index (χ0v) is 9.44. The number of hydrogen-bond donors (Lipinski definition) is 2. The van der Waals surface area contributed by atoms with Gasteiger partial charge < -0.3 is 5.11 Å². The Morgan fingerprint density at radius 3 is 2.69 bits per heavy atom. The number of rotatable bonds is 3. The van der Waals surface area contributed by atoms with E-state index < -0.39 is 15.6 Å². The van der Waals surface area contributed by atoms with Crippen LogP contribution in [0.25, 0.3) is 0 Å². The average Bonchev–Trinajstić information content (AvgIpc) is 2.88. The maximum Gasteiger partial charge on any atom is 0.260 e. The van der Waals surface area contributed by atoms with E-state index in [2.05, 4.69) is 10.2 Å². The summed E-state index contributed by atoms with van der Waals surface area (Å²) in [6.45, 7) is 0.415. The predicted molar refractivity (Wildman–Crippen MR) is 55.0 cm³/mol. The summed E-state index contributed by atoms with van der Waals surface area (Å²) >= 11 is 0. The molecule has 0 atom stereocenters. The predicted octanol–water partition coefficient (Wildman–Crippen LogP) is -0.445. The molecular formula is C9H13N3O3S. The Morgan fingerprint density at radius 1 is 1.50 bits per heavy atom. The van der Waals surface area contributed by atoms with Gasteiger partial charge in [0.05, 0.1) is 11.8 Å². The van der Waals surface area contributed by atoms with Crippen molar-refractivity contribution in [2.75, 3.05) is 13.1 Å². The van der Waals surface area contributed by atoms with Gasteiger partial charge in [0.2, 0.25) is 0 Å². The molecule has 1 aliphatic carbocycles. The fourth-order valence-corrected chi connectivity index (χ4v) is 3.61. The standard InChI is InChI=1S/C9H13N3O3S/c13-9(7-1-2-7)5-12(6-9)16(14,15)8-3-4-10-11-8/h3-4,7,13H,1-2,5-6H2,(H,10,11). The highest BCUT2D eigenvalue weighted by Crippen LogP contribution is 2.45. The number of aromatic nitrogens is 2. The molecule has 0 amide bonds. The van der Waals surface area contributed by atoms with Gasteiger partial charge in [-0.3, -0.25) is 5.10 Å². The van der Waals surface area contributed by atoms with E-state index in [0.717, 1.165) is 12.8 Å². The number of nitrogens with zero attached hydrogens (tertiary/aromatic N) is 2. The van der Waals surface area contributed by atoms with E-state index in [1.54, 1.807) is 0 Å². The second kappa shape index (κ2) is 3.06. The Kier molecular flexibility index (Phi) is 1.96. The molecule has 16 heavy (non-hydrogen) atoms. The van der Waals surface area contributed by atoms with E-state index in [1.807, 2.05) is 0 Å². The zero-order chi connectivity index (χ0) is 11.4. The van der Waals surface area contributed by atoms with E-state index in [1.165, 1.54) is 16.6 Å². The van der Waals surface area contributed by atoms with Crippen LogP contribution in [0.3, 0.4) is 0 Å². The van der Waals surface area contributed by atoms with Gasteiger partial charge >= 0.3 is 0 Å². The van der Waals surface area contributed by atoms with E-state index in [0.29, 0.717) is 5.92 Å². The third kappa shape index (κ3) is 1.39. The molecule has 1 saturated heterocycles. The van der Waals surface area contributed by atoms with E-state index in [4.69, 9.17) is 0 Å². The normalized spacial score (nSPS) is 25.3. The van der Waals surface area contributed by atoms with Gasteiger partial charge in [0, 0.05) is 13.1 Å². The van der Waals surface area contributed by atoms with Crippen LogP contribution in [0.4, 0.5) is 0 Å². The number of sulfonamides is 1. The Balaban J connectivity index is 1.77. The second-order valence-corrected chi connectivity index (χ2v) is 6.48. The first-order chi connectivity index (χ1) is 7.52. The molecule has 1 aromatic heterocycles. The van der Waals surface area contributed by atoms with Crippen LogP contribution in [0.2, 0.25) is 0 Å². The summed E-state index contributed by atoms with van der Waals surface area (Å²) < 4.78 is 25.2. The summed E-state index contributed by atoms with van der Waals surface area (Å²) in [5, 5.41) is 16.2. The Labute approximate surface area is 93.3 Å². The molecule has 0 bridgehead atoms. The number of nitrogens with one attached hydrogen (secondary N) is 1. The molecule has 2 heterocycles. The lowest BCUT2D eigenvalue weighted by Crippen LogP contribution is -2.64. The summed E-state index contributed by atoms with van der Waals surface area (Å²) in [4.78, 5) is 0. The van der Waals surface area contributed by atoms with Gasteiger partial charge in [-0.25, -0.2) is 8.42 Å². The number of aromatic amines is 1. The molecule has 7 heteroatoms. The third-order valence-corrected chi connectivity index (χ3v) is 5.05. The first kappa shape index (κ1) is 10.2. The largest absolute Gasteiger partial charge is 0.387 e. The van der Waals surface area contributed by atoms with Crippen LogP contribution in [-0.2, 0) is 10.0 Å². The Hall–Kier alpha value is -0.920. The number of aliphatic hydroxyl groups is 1. The molecule has 1 aliphatic heterocycles. The topological polar surface area (TPSA) is 86.3 Å². The summed E-state index contributed by atoms with van der Waals surface area (Å²) in [6.07, 6.45) is 3.42. The molecule has 2 N–H and O–H groups in total. The van der Waals surface area contributed by atoms with Gasteiger partial charge in [0.25, 0.3) is 10.0 Å². The van der Waals surface area contributed by atoms with Crippen LogP contribution in [0, 0.1) is 5.92 Å². The Bertz CT molecular complexity index is 486. The number of hydrogen-bond acceptors (Lipinski definition) is 4. The number of H-pyrrole nitrogens is 1. The minimum Gasteiger partial charge on any atom is -0.387 e. The second-order valence-electron chi connectivity index (χ2n) is 4.57. The van der Waals surface area contributed by atoms with Crippen molar-refractivity contribution in [3.8, 4) is 0 Å². The van der Waals surface area contributed by atoms with Gasteiger partial charge in [-0.1, -0.05) is 0 Å². The van der Waals surface area contributed by atoms with Gasteiger partial charge in [-0.2, -0.15) is 9.40 Å². The third-order valence-electron chi connectivity index (χ3n) is 3.33. The van der Waals surface area contributed by atoms with Crippen LogP contribution in [0.15, 0.2) is 17.3 Å². The molecule has 6 nitrogen and oxygen atoms in total. The van der Waals surface area contributed by atoms with Crippen molar-refractivity contribution < 1.29 is 13.5 Å². The molecule has 0 aromatic carbocycles. The zero-order valence-electron chi connectivity index (χ0n) is 8.63. The van der Waals surface area contributed by atoms with E-state index in [9.17, 15) is 13.5 Å². The lowest BCUT2D eigenvalue weighted by atomic mass is 9.91. The number of β-amino-alcohol motifs (C(OH)–C–C–N with tert-alkyl or cyclic N) is 1.